The fourth-order valence-corrected chi connectivity index (χ4v) is 12.4. The maximum absolute atomic E-state index is 14.2. The second kappa shape index (κ2) is 21.2. The van der Waals surface area contributed by atoms with Gasteiger partial charge in [0, 0.05) is 100 Å². The number of piperazine rings is 2. The van der Waals surface area contributed by atoms with Crippen molar-refractivity contribution in [2.75, 3.05) is 67.9 Å². The molecule has 5 aromatic rings. The first-order valence-electron chi connectivity index (χ1n) is 25.8. The standard InChI is InChI=1S/C54H67N13O5S/c1-33-48(73-32-59-33)36-11-9-34(10-12-36)25-56-51(71)45-23-41(68)30-66(45)52(72)49(54(2,3)4)60-47(70)31-63-19-21-64(22-20-63)38-15-13-35(14-16-38)37-26-57-53(58-27-37)67-39-17-18-40(67)29-65(28-39)44-24-43(61-62-50(44)55)42-7-5-6-8-46(42)69/h5-12,24,26-27,32,35,38-41,45,68-69H,13-23,25,28-31H2,1-4H3,(H2,55,62)(H,56,71)/t35?,38?,39?,40?,41-,45+/m1/s1. The summed E-state index contributed by atoms with van der Waals surface area (Å²) in [5.41, 5.74) is 13.7. The van der Waals surface area contributed by atoms with Gasteiger partial charge in [0.25, 0.3) is 11.8 Å². The Bertz CT molecular complexity index is 2810. The van der Waals surface area contributed by atoms with Crippen molar-refractivity contribution in [3.05, 3.63) is 89.3 Å². The number of nitrogens with one attached hydrogen (secondary N) is 1. The fraction of sp³-hybridized carbons (Fsp3) is 0.500. The number of β-amino-alcohol motifs (C(OH)–C–C–N with tert-alkyl or cyclic N) is 1. The summed E-state index contributed by atoms with van der Waals surface area (Å²) in [7, 11) is 0. The third-order valence-electron chi connectivity index (χ3n) is 15.6. The van der Waals surface area contributed by atoms with Gasteiger partial charge in [0.1, 0.15) is 17.5 Å². The number of aryl methyl sites for hydroxylation is 1. The normalized spacial score (nSPS) is 24.0. The van der Waals surface area contributed by atoms with Crippen LogP contribution < -0.4 is 20.9 Å². The number of carbonyl (C=O) groups is 3. The number of amides is 3. The van der Waals surface area contributed by atoms with Crippen LogP contribution in [0.1, 0.15) is 88.5 Å². The number of aromatic nitrogens is 5. The third kappa shape index (κ3) is 11.0. The molecule has 5 aliphatic rings. The van der Waals surface area contributed by atoms with Crippen molar-refractivity contribution in [3.8, 4) is 27.4 Å². The molecule has 1 aliphatic carbocycles. The Kier molecular flexibility index (Phi) is 14.6. The first kappa shape index (κ1) is 50.1. The lowest BCUT2D eigenvalue weighted by Crippen LogP contribution is -2.54. The number of benzene rings is 2. The lowest BCUT2D eigenvalue weighted by molar-refractivity contribution is -0.134. The van der Waals surface area contributed by atoms with Gasteiger partial charge in [-0.05, 0) is 86.3 Å². The Morgan fingerprint density at radius 2 is 1.55 bits per heavy atom. The molecule has 7 heterocycles. The molecular weight excluding hydrogens is 943 g/mol. The van der Waals surface area contributed by atoms with Gasteiger partial charge < -0.3 is 36.0 Å². The minimum atomic E-state index is -0.887. The second-order valence-electron chi connectivity index (χ2n) is 21.5. The number of fused-ring (bicyclic) bond motifs is 2. The van der Waals surface area contributed by atoms with Crippen molar-refractivity contribution in [2.45, 2.75) is 115 Å². The molecule has 19 heteroatoms. The van der Waals surface area contributed by atoms with Crippen LogP contribution in [0.5, 0.6) is 5.75 Å². The molecule has 5 fully saturated rings. The Balaban J connectivity index is 0.683. The number of hydrogen-bond acceptors (Lipinski definition) is 16. The Hall–Kier alpha value is -6.41. The van der Waals surface area contributed by atoms with Gasteiger partial charge in [-0.15, -0.1) is 21.5 Å². The van der Waals surface area contributed by atoms with Gasteiger partial charge in [0.05, 0.1) is 40.1 Å². The van der Waals surface area contributed by atoms with Gasteiger partial charge in [0.15, 0.2) is 5.82 Å². The van der Waals surface area contributed by atoms with Gasteiger partial charge in [-0.25, -0.2) is 19.9 Å². The highest BCUT2D eigenvalue weighted by atomic mass is 32.1. The molecule has 4 atom stereocenters. The first-order valence-corrected chi connectivity index (χ1v) is 26.7. The molecular formula is C54H67N13O5S. The number of aliphatic hydroxyl groups excluding tert-OH is 1. The summed E-state index contributed by atoms with van der Waals surface area (Å²) in [4.78, 5) is 71.9. The number of para-hydroxylation sites is 1. The van der Waals surface area contributed by atoms with Crippen molar-refractivity contribution < 1.29 is 24.6 Å². The van der Waals surface area contributed by atoms with Gasteiger partial charge in [0.2, 0.25) is 11.9 Å². The summed E-state index contributed by atoms with van der Waals surface area (Å²) in [6.45, 7) is 12.6. The number of nitrogen functional groups attached to an aromatic ring is 1. The molecule has 73 heavy (non-hydrogen) atoms. The zero-order valence-electron chi connectivity index (χ0n) is 42.2. The summed E-state index contributed by atoms with van der Waals surface area (Å²) >= 11 is 1.58. The number of aromatic hydroxyl groups is 1. The number of thiazole rings is 1. The van der Waals surface area contributed by atoms with E-state index < -0.39 is 23.5 Å². The van der Waals surface area contributed by atoms with Crippen LogP contribution in [0.15, 0.2) is 77.5 Å². The highest BCUT2D eigenvalue weighted by molar-refractivity contribution is 7.13. The van der Waals surface area contributed by atoms with Crippen LogP contribution >= 0.6 is 11.3 Å². The van der Waals surface area contributed by atoms with Crippen molar-refractivity contribution in [1.29, 1.82) is 0 Å². The van der Waals surface area contributed by atoms with Crippen LogP contribution in [-0.2, 0) is 20.9 Å². The SMILES string of the molecule is Cc1ncsc1-c1ccc(CNC(=O)[C@@H]2C[C@@H](O)CN2C(=O)C(=NC(=O)CN2CCN(C3CCC(c4cnc(N5C6CCC5CN(c5cc(-c7ccccc7O)nnc5N)C6)nc4)CC3)CC2)C(C)(C)C)cc1. The zero-order chi connectivity index (χ0) is 51.0. The van der Waals surface area contributed by atoms with Crippen LogP contribution in [-0.4, -0.2) is 156 Å². The molecule has 0 radical (unpaired) electrons. The first-order chi connectivity index (χ1) is 35.2. The number of likely N-dealkylation sites (tertiary alicyclic amines) is 1. The summed E-state index contributed by atoms with van der Waals surface area (Å²) < 4.78 is 0. The number of nitrogens with two attached hydrogens (primary N) is 1. The smallest absolute Gasteiger partial charge is 0.269 e. The number of rotatable bonds is 12. The maximum atomic E-state index is 14.2. The van der Waals surface area contributed by atoms with Gasteiger partial charge in [-0.1, -0.05) is 57.2 Å². The zero-order valence-corrected chi connectivity index (χ0v) is 43.0. The molecule has 10 rings (SSSR count). The monoisotopic (exact) mass is 1010 g/mol. The molecule has 3 amide bonds. The van der Waals surface area contributed by atoms with Gasteiger partial charge in [-0.2, -0.15) is 0 Å². The highest BCUT2D eigenvalue weighted by Crippen LogP contribution is 2.40. The van der Waals surface area contributed by atoms with Crippen LogP contribution in [0.3, 0.4) is 0 Å². The Morgan fingerprint density at radius 3 is 2.21 bits per heavy atom. The van der Waals surface area contributed by atoms with E-state index in [1.165, 1.54) is 10.5 Å². The number of phenolic OH excluding ortho intramolecular Hbond substituents is 1. The molecule has 2 bridgehead atoms. The molecule has 5 N–H and O–H groups in total. The summed E-state index contributed by atoms with van der Waals surface area (Å²) in [5.74, 6) is 0.473. The molecule has 4 saturated heterocycles. The topological polar surface area (TPSA) is 223 Å². The number of phenols is 1. The van der Waals surface area contributed by atoms with E-state index in [4.69, 9.17) is 15.7 Å². The molecule has 18 nitrogen and oxygen atoms in total. The van der Waals surface area contributed by atoms with Crippen LogP contribution in [0, 0.1) is 12.3 Å². The van der Waals surface area contributed by atoms with E-state index >= 15 is 0 Å². The van der Waals surface area contributed by atoms with Crippen molar-refractivity contribution in [3.63, 3.8) is 0 Å². The van der Waals surface area contributed by atoms with Crippen LogP contribution in [0.4, 0.5) is 17.5 Å². The average Bonchev–Trinajstić information content (AvgIpc) is 4.08. The minimum Gasteiger partial charge on any atom is -0.507 e. The lowest BCUT2D eigenvalue weighted by atomic mass is 9.82. The largest absolute Gasteiger partial charge is 0.507 e. The number of aliphatic hydroxyl groups is 1. The predicted molar refractivity (Wildman–Crippen MR) is 282 cm³/mol. The quantitative estimate of drug-likeness (QED) is 0.114. The van der Waals surface area contributed by atoms with Crippen LogP contribution in [0.25, 0.3) is 21.7 Å². The van der Waals surface area contributed by atoms with E-state index in [-0.39, 0.29) is 61.4 Å². The van der Waals surface area contributed by atoms with E-state index in [0.717, 1.165) is 111 Å². The number of carbonyl (C=O) groups excluding carboxylic acids is 3. The van der Waals surface area contributed by atoms with E-state index in [2.05, 4.69) is 45.1 Å². The lowest BCUT2D eigenvalue weighted by Gasteiger charge is -2.42. The molecule has 3 aromatic heterocycles. The van der Waals surface area contributed by atoms with Gasteiger partial charge in [-0.3, -0.25) is 24.2 Å². The van der Waals surface area contributed by atoms with Gasteiger partial charge >= 0.3 is 0 Å². The van der Waals surface area contributed by atoms with Crippen LogP contribution in [0.2, 0.25) is 0 Å². The predicted octanol–water partition coefficient (Wildman–Crippen LogP) is 5.45. The van der Waals surface area contributed by atoms with E-state index in [1.54, 1.807) is 23.5 Å². The van der Waals surface area contributed by atoms with E-state index in [9.17, 15) is 24.6 Å². The highest BCUT2D eigenvalue weighted by Gasteiger charge is 2.44. The van der Waals surface area contributed by atoms with E-state index in [1.807, 2.05) is 88.1 Å². The molecule has 2 unspecified atom stereocenters. The summed E-state index contributed by atoms with van der Waals surface area (Å²) in [5, 5.41) is 32.6. The average molecular weight is 1010 g/mol. The number of aliphatic imine (C=N–C) groups is 1. The van der Waals surface area contributed by atoms with Crippen molar-refractivity contribution in [2.24, 2.45) is 10.4 Å². The summed E-state index contributed by atoms with van der Waals surface area (Å²) in [6.07, 6.45) is 9.71. The maximum Gasteiger partial charge on any atom is 0.269 e. The number of anilines is 3. The molecule has 1 saturated carbocycles. The van der Waals surface area contributed by atoms with Crippen molar-refractivity contribution in [1.82, 2.24) is 45.2 Å². The molecule has 2 aromatic carbocycles. The molecule has 0 spiro atoms. The molecule has 4 aliphatic heterocycles. The summed E-state index contributed by atoms with van der Waals surface area (Å²) in [6, 6.07) is 17.1. The Morgan fingerprint density at radius 1 is 0.863 bits per heavy atom. The van der Waals surface area contributed by atoms with Crippen molar-refractivity contribution >= 4 is 52.2 Å². The minimum absolute atomic E-state index is 0.0122. The Labute approximate surface area is 430 Å². The third-order valence-corrected chi connectivity index (χ3v) is 16.5. The number of hydrogen-bond donors (Lipinski definition) is 4. The number of nitrogens with zero attached hydrogens (tertiary/aromatic N) is 11. The van der Waals surface area contributed by atoms with E-state index in [0.29, 0.717) is 29.0 Å². The molecule has 384 valence electrons. The second-order valence-corrected chi connectivity index (χ2v) is 22.4. The fourth-order valence-electron chi connectivity index (χ4n) is 11.6.